The minimum absolute atomic E-state index is 0.160. The average Bonchev–Trinajstić information content (AvgIpc) is 2.69. The van der Waals surface area contributed by atoms with Crippen molar-refractivity contribution in [1.29, 1.82) is 0 Å². The molecule has 0 aromatic heterocycles. The summed E-state index contributed by atoms with van der Waals surface area (Å²) in [5, 5.41) is 2.60. The molecule has 1 aromatic carbocycles. The molecule has 0 bridgehead atoms. The first kappa shape index (κ1) is 17.1. The summed E-state index contributed by atoms with van der Waals surface area (Å²) < 4.78 is 0.904. The molecule has 0 aliphatic carbocycles. The minimum atomic E-state index is -0.967. The molecule has 0 spiro atoms. The predicted molar refractivity (Wildman–Crippen MR) is 86.6 cm³/mol. The largest absolute Gasteiger partial charge is 0.334 e. The zero-order valence-corrected chi connectivity index (χ0v) is 14.3. The number of hydrogen-bond donors (Lipinski definition) is 1. The van der Waals surface area contributed by atoms with Crippen LogP contribution in [-0.2, 0) is 14.4 Å². The monoisotopic (exact) mass is 381 g/mol. The van der Waals surface area contributed by atoms with E-state index in [-0.39, 0.29) is 6.54 Å². The van der Waals surface area contributed by atoms with Crippen LogP contribution in [0.3, 0.4) is 0 Å². The number of amides is 5. The normalized spacial score (nSPS) is 14.7. The molecule has 0 saturated carbocycles. The van der Waals surface area contributed by atoms with Crippen LogP contribution in [-0.4, -0.2) is 46.6 Å². The number of carbonyl (C=O) groups is 4. The van der Waals surface area contributed by atoms with E-state index in [4.69, 9.17) is 0 Å². The molecular formula is C15H16BrN3O4. The molecule has 1 aromatic rings. The maximum atomic E-state index is 12.0. The maximum Gasteiger partial charge on any atom is 0.334 e. The van der Waals surface area contributed by atoms with Crippen LogP contribution in [0.15, 0.2) is 22.7 Å². The Bertz CT molecular complexity index is 689. The third-order valence-electron chi connectivity index (χ3n) is 3.33. The molecule has 0 atom stereocenters. The molecule has 8 heteroatoms. The van der Waals surface area contributed by atoms with Crippen LogP contribution < -0.4 is 5.32 Å². The van der Waals surface area contributed by atoms with Crippen LogP contribution in [0, 0.1) is 6.92 Å². The van der Waals surface area contributed by atoms with E-state index in [2.05, 4.69) is 21.2 Å². The van der Waals surface area contributed by atoms with Gasteiger partial charge in [0.1, 0.15) is 6.54 Å². The standard InChI is InChI=1S/C15H16BrN3O4/c1-3-6-18-13(21)14(22)19(15(18)23)8-12(20)17-10-4-5-11(16)9(2)7-10/h4-5,7H,3,6,8H2,1-2H3,(H,17,20). The molecule has 1 heterocycles. The number of nitrogens with zero attached hydrogens (tertiary/aromatic N) is 2. The van der Waals surface area contributed by atoms with Crippen LogP contribution in [0.25, 0.3) is 0 Å². The fourth-order valence-electron chi connectivity index (χ4n) is 2.18. The lowest BCUT2D eigenvalue weighted by Gasteiger charge is -2.14. The summed E-state index contributed by atoms with van der Waals surface area (Å²) in [4.78, 5) is 49.1. The summed E-state index contributed by atoms with van der Waals surface area (Å²) in [5.74, 6) is -2.39. The van der Waals surface area contributed by atoms with Crippen LogP contribution >= 0.6 is 15.9 Å². The Kier molecular flexibility index (Phi) is 5.15. The van der Waals surface area contributed by atoms with Crippen molar-refractivity contribution in [3.8, 4) is 0 Å². The third kappa shape index (κ3) is 3.58. The van der Waals surface area contributed by atoms with Gasteiger partial charge in [-0.1, -0.05) is 22.9 Å². The Labute approximate surface area is 141 Å². The third-order valence-corrected chi connectivity index (χ3v) is 4.22. The van der Waals surface area contributed by atoms with E-state index in [1.54, 1.807) is 25.1 Å². The number of anilines is 1. The van der Waals surface area contributed by atoms with E-state index >= 15 is 0 Å². The number of aryl methyl sites for hydroxylation is 1. The Morgan fingerprint density at radius 1 is 1.17 bits per heavy atom. The van der Waals surface area contributed by atoms with Crippen molar-refractivity contribution < 1.29 is 19.2 Å². The highest BCUT2D eigenvalue weighted by Gasteiger charge is 2.44. The van der Waals surface area contributed by atoms with E-state index in [9.17, 15) is 19.2 Å². The molecule has 1 aliphatic heterocycles. The minimum Gasteiger partial charge on any atom is -0.325 e. The number of benzene rings is 1. The molecule has 2 rings (SSSR count). The lowest BCUT2D eigenvalue weighted by Crippen LogP contribution is -2.39. The zero-order chi connectivity index (χ0) is 17.1. The average molecular weight is 382 g/mol. The van der Waals surface area contributed by atoms with Crippen LogP contribution in [0.1, 0.15) is 18.9 Å². The van der Waals surface area contributed by atoms with Gasteiger partial charge in [0.2, 0.25) is 5.91 Å². The van der Waals surface area contributed by atoms with Crippen molar-refractivity contribution >= 4 is 45.4 Å². The van der Waals surface area contributed by atoms with Gasteiger partial charge in [-0.25, -0.2) is 9.69 Å². The number of urea groups is 1. The SMILES string of the molecule is CCCN1C(=O)C(=O)N(CC(=O)Nc2ccc(Br)c(C)c2)C1=O. The molecule has 23 heavy (non-hydrogen) atoms. The molecule has 0 radical (unpaired) electrons. The Morgan fingerprint density at radius 2 is 1.83 bits per heavy atom. The Hall–Kier alpha value is -2.22. The van der Waals surface area contributed by atoms with E-state index < -0.39 is 30.3 Å². The van der Waals surface area contributed by atoms with Gasteiger partial charge in [0.15, 0.2) is 0 Å². The molecular weight excluding hydrogens is 366 g/mol. The first-order valence-corrected chi connectivity index (χ1v) is 7.87. The lowest BCUT2D eigenvalue weighted by atomic mass is 10.2. The van der Waals surface area contributed by atoms with Crippen molar-refractivity contribution in [2.45, 2.75) is 20.3 Å². The van der Waals surface area contributed by atoms with Crippen LogP contribution in [0.5, 0.6) is 0 Å². The highest BCUT2D eigenvalue weighted by molar-refractivity contribution is 9.10. The second kappa shape index (κ2) is 6.91. The van der Waals surface area contributed by atoms with E-state index in [0.717, 1.165) is 14.9 Å². The van der Waals surface area contributed by atoms with E-state index in [1.807, 2.05) is 6.92 Å². The first-order chi connectivity index (χ1) is 10.8. The van der Waals surface area contributed by atoms with Gasteiger partial charge in [0.05, 0.1) is 0 Å². The van der Waals surface area contributed by atoms with Crippen molar-refractivity contribution in [2.75, 3.05) is 18.4 Å². The highest BCUT2D eigenvalue weighted by Crippen LogP contribution is 2.20. The lowest BCUT2D eigenvalue weighted by molar-refractivity contribution is -0.143. The molecule has 1 aliphatic rings. The fourth-order valence-corrected chi connectivity index (χ4v) is 2.42. The molecule has 7 nitrogen and oxygen atoms in total. The molecule has 0 unspecified atom stereocenters. The fraction of sp³-hybridized carbons (Fsp3) is 0.333. The van der Waals surface area contributed by atoms with Crippen LogP contribution in [0.4, 0.5) is 10.5 Å². The topological polar surface area (TPSA) is 86.8 Å². The van der Waals surface area contributed by atoms with Gasteiger partial charge in [-0.3, -0.25) is 19.3 Å². The van der Waals surface area contributed by atoms with Gasteiger partial charge < -0.3 is 5.32 Å². The van der Waals surface area contributed by atoms with E-state index in [0.29, 0.717) is 17.0 Å². The van der Waals surface area contributed by atoms with E-state index in [1.165, 1.54) is 0 Å². The molecule has 122 valence electrons. The summed E-state index contributed by atoms with van der Waals surface area (Å²) in [6.45, 7) is 3.33. The second-order valence-electron chi connectivity index (χ2n) is 5.14. The van der Waals surface area contributed by atoms with Crippen molar-refractivity contribution in [1.82, 2.24) is 9.80 Å². The number of rotatable bonds is 5. The molecule has 5 amide bonds. The molecule has 1 fully saturated rings. The number of hydrogen-bond acceptors (Lipinski definition) is 4. The molecule has 1 N–H and O–H groups in total. The Balaban J connectivity index is 2.05. The smallest absolute Gasteiger partial charge is 0.325 e. The predicted octanol–water partition coefficient (Wildman–Crippen LogP) is 1.90. The summed E-state index contributed by atoms with van der Waals surface area (Å²) in [6.07, 6.45) is 0.545. The first-order valence-electron chi connectivity index (χ1n) is 7.08. The zero-order valence-electron chi connectivity index (χ0n) is 12.8. The van der Waals surface area contributed by atoms with Crippen molar-refractivity contribution in [3.63, 3.8) is 0 Å². The summed E-state index contributed by atoms with van der Waals surface area (Å²) in [7, 11) is 0. The van der Waals surface area contributed by atoms with Crippen molar-refractivity contribution in [2.24, 2.45) is 0 Å². The molecule has 1 saturated heterocycles. The number of nitrogens with one attached hydrogen (secondary N) is 1. The van der Waals surface area contributed by atoms with Gasteiger partial charge in [0, 0.05) is 16.7 Å². The summed E-state index contributed by atoms with van der Waals surface area (Å²) in [6, 6.07) is 4.48. The van der Waals surface area contributed by atoms with Gasteiger partial charge in [-0.2, -0.15) is 0 Å². The van der Waals surface area contributed by atoms with Gasteiger partial charge in [0.25, 0.3) is 0 Å². The van der Waals surface area contributed by atoms with Crippen molar-refractivity contribution in [3.05, 3.63) is 28.2 Å². The Morgan fingerprint density at radius 3 is 2.43 bits per heavy atom. The summed E-state index contributed by atoms with van der Waals surface area (Å²) >= 11 is 3.36. The number of carbonyl (C=O) groups excluding carboxylic acids is 4. The van der Waals surface area contributed by atoms with Gasteiger partial charge >= 0.3 is 17.8 Å². The second-order valence-corrected chi connectivity index (χ2v) is 6.00. The quantitative estimate of drug-likeness (QED) is 0.623. The maximum absolute atomic E-state index is 12.0. The van der Waals surface area contributed by atoms with Crippen LogP contribution in [0.2, 0.25) is 0 Å². The van der Waals surface area contributed by atoms with Gasteiger partial charge in [-0.15, -0.1) is 0 Å². The summed E-state index contributed by atoms with van der Waals surface area (Å²) in [5.41, 5.74) is 1.48. The highest BCUT2D eigenvalue weighted by atomic mass is 79.9. The number of imide groups is 2. The van der Waals surface area contributed by atoms with Gasteiger partial charge in [-0.05, 0) is 37.1 Å². The number of halogens is 1.